The lowest BCUT2D eigenvalue weighted by molar-refractivity contribution is 0.0470. The Labute approximate surface area is 132 Å². The van der Waals surface area contributed by atoms with Crippen LogP contribution in [0.1, 0.15) is 21.5 Å². The molecule has 5 heteroatoms. The van der Waals surface area contributed by atoms with Crippen molar-refractivity contribution < 1.29 is 14.3 Å². The minimum absolute atomic E-state index is 0.152. The zero-order valence-electron chi connectivity index (χ0n) is 11.9. The number of benzene rings is 2. The van der Waals surface area contributed by atoms with Crippen molar-refractivity contribution in [3.63, 3.8) is 0 Å². The third-order valence-corrected chi connectivity index (χ3v) is 3.75. The Bertz CT molecular complexity index is 671. The largest absolute Gasteiger partial charge is 0.496 e. The van der Waals surface area contributed by atoms with Crippen molar-refractivity contribution in [2.24, 2.45) is 0 Å². The van der Waals surface area contributed by atoms with E-state index in [0.717, 1.165) is 15.6 Å². The molecule has 0 aliphatic heterocycles. The molecule has 2 aromatic rings. The summed E-state index contributed by atoms with van der Waals surface area (Å²) in [5, 5.41) is 0. The third-order valence-electron chi connectivity index (χ3n) is 3.03. The van der Waals surface area contributed by atoms with Gasteiger partial charge in [0.2, 0.25) is 0 Å². The summed E-state index contributed by atoms with van der Waals surface area (Å²) in [6, 6.07) is 10.7. The molecule has 0 bridgehead atoms. The lowest BCUT2D eigenvalue weighted by atomic mass is 10.1. The molecule has 0 saturated carbocycles. The number of nitrogens with two attached hydrogens (primary N) is 1. The van der Waals surface area contributed by atoms with Gasteiger partial charge in [0, 0.05) is 15.7 Å². The van der Waals surface area contributed by atoms with E-state index in [2.05, 4.69) is 15.9 Å². The smallest absolute Gasteiger partial charge is 0.338 e. The summed E-state index contributed by atoms with van der Waals surface area (Å²) >= 11 is 3.29. The van der Waals surface area contributed by atoms with E-state index in [0.29, 0.717) is 17.0 Å². The van der Waals surface area contributed by atoms with Gasteiger partial charge in [-0.25, -0.2) is 4.79 Å². The molecule has 0 spiro atoms. The van der Waals surface area contributed by atoms with Crippen LogP contribution in [-0.2, 0) is 11.3 Å². The molecule has 0 amide bonds. The van der Waals surface area contributed by atoms with Gasteiger partial charge in [0.05, 0.1) is 12.7 Å². The van der Waals surface area contributed by atoms with E-state index in [1.807, 2.05) is 25.1 Å². The summed E-state index contributed by atoms with van der Waals surface area (Å²) < 4.78 is 11.3. The predicted molar refractivity (Wildman–Crippen MR) is 85.4 cm³/mol. The standard InChI is InChI=1S/C16H16BrNO3/c1-10-3-6-15(20-2)12(7-10)9-21-16(19)11-4-5-13(17)14(18)8-11/h3-8H,9,18H2,1-2H3. The molecule has 21 heavy (non-hydrogen) atoms. The van der Waals surface area contributed by atoms with Gasteiger partial charge >= 0.3 is 5.97 Å². The zero-order chi connectivity index (χ0) is 15.4. The first kappa shape index (κ1) is 15.4. The average Bonchev–Trinajstić information content (AvgIpc) is 2.47. The van der Waals surface area contributed by atoms with Crippen molar-refractivity contribution >= 4 is 27.6 Å². The molecular weight excluding hydrogens is 334 g/mol. The molecule has 110 valence electrons. The number of esters is 1. The van der Waals surface area contributed by atoms with E-state index in [1.54, 1.807) is 25.3 Å². The Morgan fingerprint density at radius 3 is 2.67 bits per heavy atom. The molecule has 0 aromatic heterocycles. The summed E-state index contributed by atoms with van der Waals surface area (Å²) in [6.45, 7) is 2.12. The zero-order valence-corrected chi connectivity index (χ0v) is 13.4. The number of hydrogen-bond acceptors (Lipinski definition) is 4. The SMILES string of the molecule is COc1ccc(C)cc1COC(=O)c1ccc(Br)c(N)c1. The fraction of sp³-hybridized carbons (Fsp3) is 0.188. The van der Waals surface area contributed by atoms with Gasteiger partial charge < -0.3 is 15.2 Å². The fourth-order valence-electron chi connectivity index (χ4n) is 1.92. The summed E-state index contributed by atoms with van der Waals surface area (Å²) in [7, 11) is 1.59. The highest BCUT2D eigenvalue weighted by atomic mass is 79.9. The third kappa shape index (κ3) is 3.76. The van der Waals surface area contributed by atoms with Crippen LogP contribution in [0.4, 0.5) is 5.69 Å². The number of carbonyl (C=O) groups excluding carboxylic acids is 1. The van der Waals surface area contributed by atoms with E-state index in [4.69, 9.17) is 15.2 Å². The minimum atomic E-state index is -0.419. The minimum Gasteiger partial charge on any atom is -0.496 e. The number of nitrogen functional groups attached to an aromatic ring is 1. The second kappa shape index (κ2) is 6.63. The second-order valence-corrected chi connectivity index (χ2v) is 5.48. The first-order valence-electron chi connectivity index (χ1n) is 6.37. The molecule has 2 rings (SSSR count). The van der Waals surface area contributed by atoms with Crippen LogP contribution in [-0.4, -0.2) is 13.1 Å². The summed E-state index contributed by atoms with van der Waals surface area (Å²) in [6.07, 6.45) is 0. The average molecular weight is 350 g/mol. The highest BCUT2D eigenvalue weighted by Gasteiger charge is 2.11. The van der Waals surface area contributed by atoms with Crippen LogP contribution in [0.25, 0.3) is 0 Å². The van der Waals surface area contributed by atoms with Crippen molar-refractivity contribution in [3.05, 3.63) is 57.6 Å². The van der Waals surface area contributed by atoms with E-state index < -0.39 is 5.97 Å². The number of carbonyl (C=O) groups is 1. The summed E-state index contributed by atoms with van der Waals surface area (Å²) in [4.78, 5) is 12.0. The van der Waals surface area contributed by atoms with Crippen LogP contribution in [0.15, 0.2) is 40.9 Å². The molecule has 2 N–H and O–H groups in total. The monoisotopic (exact) mass is 349 g/mol. The quantitative estimate of drug-likeness (QED) is 0.675. The molecule has 4 nitrogen and oxygen atoms in total. The van der Waals surface area contributed by atoms with Gasteiger partial charge in [0.15, 0.2) is 0 Å². The number of anilines is 1. The molecular formula is C16H16BrNO3. The first-order chi connectivity index (χ1) is 10.0. The maximum Gasteiger partial charge on any atom is 0.338 e. The van der Waals surface area contributed by atoms with Crippen LogP contribution < -0.4 is 10.5 Å². The van der Waals surface area contributed by atoms with Crippen molar-refractivity contribution in [3.8, 4) is 5.75 Å². The second-order valence-electron chi connectivity index (χ2n) is 4.63. The van der Waals surface area contributed by atoms with Crippen LogP contribution in [0.5, 0.6) is 5.75 Å². The van der Waals surface area contributed by atoms with Crippen LogP contribution in [0.2, 0.25) is 0 Å². The van der Waals surface area contributed by atoms with E-state index in [-0.39, 0.29) is 6.61 Å². The fourth-order valence-corrected chi connectivity index (χ4v) is 2.16. The Morgan fingerprint density at radius 2 is 2.00 bits per heavy atom. The lowest BCUT2D eigenvalue weighted by Crippen LogP contribution is -2.07. The molecule has 0 radical (unpaired) electrons. The van der Waals surface area contributed by atoms with Crippen molar-refractivity contribution in [2.75, 3.05) is 12.8 Å². The van der Waals surface area contributed by atoms with Crippen LogP contribution in [0, 0.1) is 6.92 Å². The summed E-state index contributed by atoms with van der Waals surface area (Å²) in [5.74, 6) is 0.279. The summed E-state index contributed by atoms with van der Waals surface area (Å²) in [5.41, 5.74) is 8.58. The van der Waals surface area contributed by atoms with Gasteiger partial charge in [-0.3, -0.25) is 0 Å². The number of rotatable bonds is 4. The van der Waals surface area contributed by atoms with Crippen molar-refractivity contribution in [1.29, 1.82) is 0 Å². The normalized spacial score (nSPS) is 10.2. The number of hydrogen-bond donors (Lipinski definition) is 1. The van der Waals surface area contributed by atoms with Crippen LogP contribution >= 0.6 is 15.9 Å². The lowest BCUT2D eigenvalue weighted by Gasteiger charge is -2.10. The topological polar surface area (TPSA) is 61.5 Å². The predicted octanol–water partition coefficient (Wildman–Crippen LogP) is 3.71. The molecule has 0 unspecified atom stereocenters. The van der Waals surface area contributed by atoms with Crippen molar-refractivity contribution in [2.45, 2.75) is 13.5 Å². The highest BCUT2D eigenvalue weighted by molar-refractivity contribution is 9.10. The van der Waals surface area contributed by atoms with Gasteiger partial charge in [-0.05, 0) is 53.2 Å². The molecule has 0 saturated heterocycles. The van der Waals surface area contributed by atoms with Crippen LogP contribution in [0.3, 0.4) is 0 Å². The van der Waals surface area contributed by atoms with E-state index in [9.17, 15) is 4.79 Å². The Kier molecular flexibility index (Phi) is 4.85. The van der Waals surface area contributed by atoms with Gasteiger partial charge in [0.25, 0.3) is 0 Å². The Hall–Kier alpha value is -2.01. The molecule has 0 heterocycles. The van der Waals surface area contributed by atoms with Gasteiger partial charge in [-0.2, -0.15) is 0 Å². The number of ether oxygens (including phenoxy) is 2. The van der Waals surface area contributed by atoms with Gasteiger partial charge in [-0.1, -0.05) is 11.6 Å². The molecule has 0 fully saturated rings. The molecule has 2 aromatic carbocycles. The van der Waals surface area contributed by atoms with Gasteiger partial charge in [-0.15, -0.1) is 0 Å². The van der Waals surface area contributed by atoms with E-state index >= 15 is 0 Å². The first-order valence-corrected chi connectivity index (χ1v) is 7.16. The Morgan fingerprint density at radius 1 is 1.24 bits per heavy atom. The maximum absolute atomic E-state index is 12.0. The Balaban J connectivity index is 2.10. The number of halogens is 1. The van der Waals surface area contributed by atoms with Gasteiger partial charge in [0.1, 0.15) is 12.4 Å². The maximum atomic E-state index is 12.0. The highest BCUT2D eigenvalue weighted by Crippen LogP contribution is 2.23. The number of aryl methyl sites for hydroxylation is 1. The molecule has 0 aliphatic carbocycles. The number of methoxy groups -OCH3 is 1. The molecule has 0 atom stereocenters. The molecule has 0 aliphatic rings. The van der Waals surface area contributed by atoms with E-state index in [1.165, 1.54) is 0 Å². The van der Waals surface area contributed by atoms with Crippen molar-refractivity contribution in [1.82, 2.24) is 0 Å².